The van der Waals surface area contributed by atoms with E-state index in [4.69, 9.17) is 4.74 Å². The summed E-state index contributed by atoms with van der Waals surface area (Å²) in [4.78, 5) is 35.6. The highest BCUT2D eigenvalue weighted by Gasteiger charge is 2.39. The van der Waals surface area contributed by atoms with Crippen molar-refractivity contribution in [3.05, 3.63) is 46.9 Å². The van der Waals surface area contributed by atoms with E-state index < -0.39 is 11.9 Å². The third-order valence-corrected chi connectivity index (χ3v) is 5.06. The fourth-order valence-corrected chi connectivity index (χ4v) is 3.80. The third kappa shape index (κ3) is 3.31. The van der Waals surface area contributed by atoms with Gasteiger partial charge in [-0.1, -0.05) is 31.2 Å². The van der Waals surface area contributed by atoms with Crippen LogP contribution in [-0.4, -0.2) is 18.4 Å². The summed E-state index contributed by atoms with van der Waals surface area (Å²) in [6, 6.07) is 11.3. The lowest BCUT2D eigenvalue weighted by Gasteiger charge is -2.33. The van der Waals surface area contributed by atoms with Crippen molar-refractivity contribution in [1.82, 2.24) is 0 Å². The van der Waals surface area contributed by atoms with Crippen LogP contribution in [0.15, 0.2) is 41.6 Å². The molecule has 1 fully saturated rings. The number of carbonyl (C=O) groups is 2. The van der Waals surface area contributed by atoms with Crippen LogP contribution in [0.4, 0.5) is 5.69 Å². The molecule has 130 valence electrons. The fourth-order valence-electron chi connectivity index (χ4n) is 3.80. The molecule has 0 radical (unpaired) electrons. The molecule has 5 nitrogen and oxygen atoms in total. The van der Waals surface area contributed by atoms with E-state index in [-0.39, 0.29) is 30.6 Å². The van der Waals surface area contributed by atoms with Gasteiger partial charge in [0.15, 0.2) is 0 Å². The highest BCUT2D eigenvalue weighted by molar-refractivity contribution is 6.00. The van der Waals surface area contributed by atoms with E-state index in [1.165, 1.54) is 0 Å². The largest absolute Gasteiger partial charge is 0.465 e. The van der Waals surface area contributed by atoms with Crippen molar-refractivity contribution < 1.29 is 14.3 Å². The van der Waals surface area contributed by atoms with Crippen LogP contribution in [0.1, 0.15) is 38.2 Å². The van der Waals surface area contributed by atoms with Crippen molar-refractivity contribution in [2.24, 2.45) is 17.0 Å². The number of nitrogens with zero attached hydrogens (tertiary/aromatic N) is 1. The highest BCUT2D eigenvalue weighted by atomic mass is 16.5. The predicted molar refractivity (Wildman–Crippen MR) is 95.7 cm³/mol. The average Bonchev–Trinajstić information content (AvgIpc) is 2.62. The van der Waals surface area contributed by atoms with Crippen LogP contribution in [0, 0.1) is 16.7 Å². The minimum atomic E-state index is -0.676. The van der Waals surface area contributed by atoms with Gasteiger partial charge in [0, 0.05) is 6.42 Å². The normalized spacial score (nSPS) is 23.4. The average molecular weight is 339 g/mol. The molecule has 1 saturated carbocycles. The summed E-state index contributed by atoms with van der Waals surface area (Å²) in [7, 11) is 0. The van der Waals surface area contributed by atoms with Gasteiger partial charge in [-0.2, -0.15) is 0 Å². The molecular weight excluding hydrogens is 318 g/mol. The second-order valence-electron chi connectivity index (χ2n) is 6.64. The molecule has 0 bridgehead atoms. The molecule has 5 heteroatoms. The fraction of sp³-hybridized carbons (Fsp3) is 0.400. The van der Waals surface area contributed by atoms with Crippen molar-refractivity contribution in [1.29, 1.82) is 0 Å². The molecule has 0 aromatic heterocycles. The van der Waals surface area contributed by atoms with Crippen molar-refractivity contribution >= 4 is 28.2 Å². The van der Waals surface area contributed by atoms with Gasteiger partial charge in [0.05, 0.1) is 6.61 Å². The van der Waals surface area contributed by atoms with E-state index >= 15 is 0 Å². The maximum absolute atomic E-state index is 12.5. The molecule has 3 unspecified atom stereocenters. The quantitative estimate of drug-likeness (QED) is 0.467. The van der Waals surface area contributed by atoms with E-state index in [9.17, 15) is 14.5 Å². The van der Waals surface area contributed by atoms with E-state index in [1.54, 1.807) is 19.1 Å². The number of hydrogen-bond donors (Lipinski definition) is 0. The minimum absolute atomic E-state index is 0.0372. The zero-order valence-electron chi connectivity index (χ0n) is 14.4. The zero-order valence-corrected chi connectivity index (χ0v) is 14.4. The van der Waals surface area contributed by atoms with E-state index in [0.717, 1.165) is 16.3 Å². The van der Waals surface area contributed by atoms with Crippen molar-refractivity contribution in [2.75, 3.05) is 6.61 Å². The Balaban J connectivity index is 1.98. The zero-order chi connectivity index (χ0) is 18.0. The summed E-state index contributed by atoms with van der Waals surface area (Å²) in [6.45, 7) is 4.05. The number of nitroso groups, excluding NO2 is 1. The topological polar surface area (TPSA) is 72.8 Å². The number of carbonyl (C=O) groups excluding carboxylic acids is 2. The molecule has 1 aliphatic rings. The Bertz CT molecular complexity index is 830. The predicted octanol–water partition coefficient (Wildman–Crippen LogP) is 4.50. The van der Waals surface area contributed by atoms with Crippen molar-refractivity contribution in [3.63, 3.8) is 0 Å². The molecule has 0 heterocycles. The van der Waals surface area contributed by atoms with Gasteiger partial charge in [0.1, 0.15) is 17.4 Å². The van der Waals surface area contributed by atoms with Crippen LogP contribution in [-0.2, 0) is 14.3 Å². The molecule has 1 aliphatic carbocycles. The Morgan fingerprint density at radius 1 is 1.28 bits per heavy atom. The van der Waals surface area contributed by atoms with Crippen LogP contribution in [0.2, 0.25) is 0 Å². The van der Waals surface area contributed by atoms with Gasteiger partial charge in [0.2, 0.25) is 0 Å². The van der Waals surface area contributed by atoms with E-state index in [1.807, 2.05) is 31.2 Å². The molecule has 2 aromatic carbocycles. The van der Waals surface area contributed by atoms with Crippen LogP contribution in [0.3, 0.4) is 0 Å². The number of benzene rings is 2. The molecule has 2 aromatic rings. The summed E-state index contributed by atoms with van der Waals surface area (Å²) < 4.78 is 5.03. The Labute approximate surface area is 146 Å². The molecule has 25 heavy (non-hydrogen) atoms. The number of ketones is 1. The Morgan fingerprint density at radius 2 is 2.04 bits per heavy atom. The Kier molecular flexibility index (Phi) is 4.93. The smallest absolute Gasteiger partial charge is 0.316 e. The SMILES string of the molecule is CCOC(=O)C1CC(C)C(c2cc(N=O)cc3ccccc23)CC1=O. The molecule has 3 atom stereocenters. The maximum Gasteiger partial charge on any atom is 0.316 e. The van der Waals surface area contributed by atoms with Gasteiger partial charge in [-0.05, 0) is 58.8 Å². The van der Waals surface area contributed by atoms with Gasteiger partial charge in [0.25, 0.3) is 0 Å². The molecular formula is C20H21NO4. The van der Waals surface area contributed by atoms with Crippen molar-refractivity contribution in [2.45, 2.75) is 32.6 Å². The first-order valence-electron chi connectivity index (χ1n) is 8.60. The minimum Gasteiger partial charge on any atom is -0.465 e. The summed E-state index contributed by atoms with van der Waals surface area (Å²) in [5.74, 6) is -1.10. The second-order valence-corrected chi connectivity index (χ2v) is 6.64. The highest BCUT2D eigenvalue weighted by Crippen LogP contribution is 2.42. The van der Waals surface area contributed by atoms with Gasteiger partial charge in [-0.3, -0.25) is 9.59 Å². The molecule has 0 N–H and O–H groups in total. The van der Waals surface area contributed by atoms with E-state index in [2.05, 4.69) is 5.18 Å². The first kappa shape index (κ1) is 17.3. The second kappa shape index (κ2) is 7.13. The van der Waals surface area contributed by atoms with Gasteiger partial charge >= 0.3 is 5.97 Å². The third-order valence-electron chi connectivity index (χ3n) is 5.06. The first-order chi connectivity index (χ1) is 12.0. The van der Waals surface area contributed by atoms with Gasteiger partial charge < -0.3 is 4.74 Å². The monoisotopic (exact) mass is 339 g/mol. The van der Waals surface area contributed by atoms with E-state index in [0.29, 0.717) is 12.1 Å². The Hall–Kier alpha value is -2.56. The number of fused-ring (bicyclic) bond motifs is 1. The lowest BCUT2D eigenvalue weighted by atomic mass is 9.70. The lowest BCUT2D eigenvalue weighted by Crippen LogP contribution is -2.35. The van der Waals surface area contributed by atoms with Gasteiger partial charge in [-0.25, -0.2) is 0 Å². The maximum atomic E-state index is 12.5. The number of rotatable bonds is 4. The van der Waals surface area contributed by atoms with Crippen molar-refractivity contribution in [3.8, 4) is 0 Å². The van der Waals surface area contributed by atoms with Crippen LogP contribution < -0.4 is 0 Å². The number of esters is 1. The molecule has 0 spiro atoms. The number of ether oxygens (including phenoxy) is 1. The summed E-state index contributed by atoms with van der Waals surface area (Å²) in [5, 5.41) is 5.03. The van der Waals surface area contributed by atoms with Crippen LogP contribution in [0.25, 0.3) is 10.8 Å². The summed E-state index contributed by atoms with van der Waals surface area (Å²) >= 11 is 0. The molecule has 0 amide bonds. The van der Waals surface area contributed by atoms with Crippen LogP contribution >= 0.6 is 0 Å². The standard InChI is InChI=1S/C20H21NO4/c1-3-25-20(23)18-8-12(2)16(11-19(18)22)17-10-14(21-24)9-13-6-4-5-7-15(13)17/h4-7,9-10,12,16,18H,3,8,11H2,1-2H3. The molecule has 0 saturated heterocycles. The Morgan fingerprint density at radius 3 is 2.76 bits per heavy atom. The van der Waals surface area contributed by atoms with Gasteiger partial charge in [-0.15, -0.1) is 4.91 Å². The summed E-state index contributed by atoms with van der Waals surface area (Å²) in [6.07, 6.45) is 0.742. The number of hydrogen-bond acceptors (Lipinski definition) is 5. The summed E-state index contributed by atoms with van der Waals surface area (Å²) in [5.41, 5.74) is 1.32. The van der Waals surface area contributed by atoms with Crippen LogP contribution in [0.5, 0.6) is 0 Å². The molecule has 3 rings (SSSR count). The number of Topliss-reactive ketones (excluding diaryl/α,β-unsaturated/α-hetero) is 1. The first-order valence-corrected chi connectivity index (χ1v) is 8.60. The lowest BCUT2D eigenvalue weighted by molar-refractivity contribution is -0.153. The molecule has 0 aliphatic heterocycles.